The lowest BCUT2D eigenvalue weighted by molar-refractivity contribution is -0.870. The van der Waals surface area contributed by atoms with Crippen LogP contribution in [0.25, 0.3) is 0 Å². The predicted molar refractivity (Wildman–Crippen MR) is 242 cm³/mol. The highest BCUT2D eigenvalue weighted by Crippen LogP contribution is 2.38. The van der Waals surface area contributed by atoms with Crippen LogP contribution in [0, 0.1) is 0 Å². The van der Waals surface area contributed by atoms with Gasteiger partial charge in [0, 0.05) is 6.42 Å². The van der Waals surface area contributed by atoms with Crippen molar-refractivity contribution in [3.05, 3.63) is 97.2 Å². The maximum absolute atomic E-state index is 12.8. The first kappa shape index (κ1) is 54.4. The van der Waals surface area contributed by atoms with Crippen LogP contribution in [0.4, 0.5) is 0 Å². The third-order valence-electron chi connectivity index (χ3n) is 9.03. The molecule has 0 saturated carbocycles. The fourth-order valence-corrected chi connectivity index (χ4v) is 6.24. The van der Waals surface area contributed by atoms with Crippen LogP contribution in [0.3, 0.4) is 0 Å². The lowest BCUT2D eigenvalue weighted by Gasteiger charge is -2.29. The number of amides is 1. The number of nitrogens with zero attached hydrogens (tertiary/aromatic N) is 1. The molecule has 1 amide bonds. The number of likely N-dealkylation sites (N-methyl/N-ethyl adjacent to an activating group) is 1. The number of hydrogen-bond acceptors (Lipinski definition) is 6. The van der Waals surface area contributed by atoms with Crippen molar-refractivity contribution in [1.29, 1.82) is 0 Å². The van der Waals surface area contributed by atoms with Crippen molar-refractivity contribution in [2.45, 2.75) is 161 Å². The number of hydrogen-bond donors (Lipinski definition) is 2. The maximum atomic E-state index is 12.8. The molecule has 0 aliphatic heterocycles. The Kier molecular flexibility index (Phi) is 37.2. The van der Waals surface area contributed by atoms with Gasteiger partial charge in [-0.15, -0.1) is 0 Å². The average molecular weight is 815 g/mol. The minimum absolute atomic E-state index is 0.0207. The van der Waals surface area contributed by atoms with Crippen LogP contribution >= 0.6 is 7.82 Å². The number of phosphoric ester groups is 1. The monoisotopic (exact) mass is 815 g/mol. The topological polar surface area (TPSA) is 108 Å². The molecule has 0 rings (SSSR count). The second kappa shape index (κ2) is 38.9. The molecule has 0 saturated heterocycles. The Labute approximate surface area is 349 Å². The first-order valence-corrected chi connectivity index (χ1v) is 23.6. The molecular formula is C48H83N2O6P. The molecular weight excluding hydrogens is 732 g/mol. The van der Waals surface area contributed by atoms with Gasteiger partial charge in [-0.2, -0.15) is 0 Å². The van der Waals surface area contributed by atoms with Gasteiger partial charge in [-0.1, -0.05) is 156 Å². The van der Waals surface area contributed by atoms with Crippen LogP contribution in [-0.4, -0.2) is 68.5 Å². The van der Waals surface area contributed by atoms with E-state index >= 15 is 0 Å². The van der Waals surface area contributed by atoms with Gasteiger partial charge in [0.15, 0.2) is 0 Å². The van der Waals surface area contributed by atoms with E-state index in [9.17, 15) is 19.4 Å². The molecule has 8 nitrogen and oxygen atoms in total. The van der Waals surface area contributed by atoms with E-state index in [1.807, 2.05) is 27.2 Å². The largest absolute Gasteiger partial charge is 0.756 e. The normalized spacial score (nSPS) is 15.3. The number of unbranched alkanes of at least 4 members (excludes halogenated alkanes) is 11. The van der Waals surface area contributed by atoms with Crippen molar-refractivity contribution >= 4 is 13.7 Å². The number of aliphatic hydroxyl groups excluding tert-OH is 1. The number of quaternary nitrogens is 1. The molecule has 0 spiro atoms. The number of allylic oxidation sites excluding steroid dienone is 15. The number of rotatable bonds is 38. The van der Waals surface area contributed by atoms with E-state index in [2.05, 4.69) is 104 Å². The molecule has 0 heterocycles. The minimum atomic E-state index is -4.61. The fourth-order valence-electron chi connectivity index (χ4n) is 5.52. The molecule has 0 aliphatic carbocycles. The summed E-state index contributed by atoms with van der Waals surface area (Å²) in [5.74, 6) is -0.255. The van der Waals surface area contributed by atoms with Crippen LogP contribution in [0.2, 0.25) is 0 Å². The molecule has 0 radical (unpaired) electrons. The summed E-state index contributed by atoms with van der Waals surface area (Å²) >= 11 is 0. The lowest BCUT2D eigenvalue weighted by Crippen LogP contribution is -2.45. The molecule has 326 valence electrons. The van der Waals surface area contributed by atoms with Gasteiger partial charge < -0.3 is 28.8 Å². The zero-order valence-corrected chi connectivity index (χ0v) is 37.6. The molecule has 0 bridgehead atoms. The first-order valence-electron chi connectivity index (χ1n) is 22.1. The summed E-state index contributed by atoms with van der Waals surface area (Å²) < 4.78 is 23.1. The van der Waals surface area contributed by atoms with Crippen LogP contribution < -0.4 is 10.2 Å². The number of aliphatic hydroxyl groups is 1. The van der Waals surface area contributed by atoms with Crippen molar-refractivity contribution in [3.63, 3.8) is 0 Å². The van der Waals surface area contributed by atoms with E-state index in [0.29, 0.717) is 17.4 Å². The summed E-state index contributed by atoms with van der Waals surface area (Å²) in [5.41, 5.74) is 0. The number of nitrogens with one attached hydrogen (secondary N) is 1. The predicted octanol–water partition coefficient (Wildman–Crippen LogP) is 11.7. The van der Waals surface area contributed by atoms with Crippen molar-refractivity contribution in [2.24, 2.45) is 0 Å². The summed E-state index contributed by atoms with van der Waals surface area (Å²) in [6.45, 7) is 4.44. The third kappa shape index (κ3) is 41.4. The Morgan fingerprint density at radius 1 is 0.632 bits per heavy atom. The highest BCUT2D eigenvalue weighted by molar-refractivity contribution is 7.45. The molecule has 3 atom stereocenters. The van der Waals surface area contributed by atoms with Gasteiger partial charge in [0.2, 0.25) is 5.91 Å². The van der Waals surface area contributed by atoms with Gasteiger partial charge in [0.1, 0.15) is 13.2 Å². The SMILES string of the molecule is CC/C=C\C/C=C\C/C=C\C/C=C\C/C=C\C/C=C\CCCCC(=O)NC(COP(=O)([O-])OCC[N+](C)(C)C)C(O)/C=C/CC/C=C/CCCCCCCCCC. The minimum Gasteiger partial charge on any atom is -0.756 e. The molecule has 0 fully saturated rings. The zero-order chi connectivity index (χ0) is 42.1. The Hall–Kier alpha value is -2.58. The van der Waals surface area contributed by atoms with E-state index in [0.717, 1.165) is 70.6 Å². The van der Waals surface area contributed by atoms with E-state index in [4.69, 9.17) is 9.05 Å². The third-order valence-corrected chi connectivity index (χ3v) is 9.99. The van der Waals surface area contributed by atoms with E-state index < -0.39 is 26.6 Å². The molecule has 2 N–H and O–H groups in total. The molecule has 57 heavy (non-hydrogen) atoms. The van der Waals surface area contributed by atoms with Crippen LogP contribution in [0.15, 0.2) is 97.2 Å². The standard InChI is InChI=1S/C48H83N2O6P/c1-6-8-10-12-14-16-18-20-22-23-24-25-26-27-28-30-32-34-36-38-40-42-48(52)49-46(45-56-57(53,54)55-44-43-50(3,4)5)47(51)41-39-37-35-33-31-29-21-19-17-15-13-11-9-7-2/h8,10,14,16,20,22,24-25,27-28,31-34,39,41,46-47,51H,6-7,9,11-13,15,17-19,21,23,26,29-30,35-38,40,42-45H2,1-5H3,(H-,49,52,53,54)/b10-8-,16-14-,22-20-,25-24-,28-27-,33-31+,34-32-,41-39+. The van der Waals surface area contributed by atoms with Gasteiger partial charge in [-0.3, -0.25) is 9.36 Å². The van der Waals surface area contributed by atoms with Crippen molar-refractivity contribution in [1.82, 2.24) is 5.32 Å². The van der Waals surface area contributed by atoms with Crippen molar-refractivity contribution in [2.75, 3.05) is 40.9 Å². The molecule has 0 aromatic rings. The highest BCUT2D eigenvalue weighted by Gasteiger charge is 2.23. The molecule has 9 heteroatoms. The summed E-state index contributed by atoms with van der Waals surface area (Å²) in [6, 6.07) is -0.932. The summed E-state index contributed by atoms with van der Waals surface area (Å²) in [5, 5.41) is 13.7. The van der Waals surface area contributed by atoms with Gasteiger partial charge in [0.05, 0.1) is 39.9 Å². The lowest BCUT2D eigenvalue weighted by atomic mass is 10.1. The maximum Gasteiger partial charge on any atom is 0.268 e. The Morgan fingerprint density at radius 2 is 1.09 bits per heavy atom. The van der Waals surface area contributed by atoms with E-state index in [1.54, 1.807) is 6.08 Å². The summed E-state index contributed by atoms with van der Waals surface area (Å²) in [4.78, 5) is 25.3. The molecule has 0 aromatic carbocycles. The van der Waals surface area contributed by atoms with Crippen LogP contribution in [0.1, 0.15) is 149 Å². The Bertz CT molecular complexity index is 1240. The molecule has 0 aromatic heterocycles. The second-order valence-corrected chi connectivity index (χ2v) is 17.1. The number of carbonyl (C=O) groups excluding carboxylic acids is 1. The van der Waals surface area contributed by atoms with Gasteiger partial charge in [0.25, 0.3) is 7.82 Å². The Morgan fingerprint density at radius 3 is 1.63 bits per heavy atom. The van der Waals surface area contributed by atoms with Gasteiger partial charge in [-0.05, 0) is 83.5 Å². The second-order valence-electron chi connectivity index (χ2n) is 15.7. The van der Waals surface area contributed by atoms with Crippen molar-refractivity contribution < 1.29 is 32.9 Å². The Balaban J connectivity index is 4.58. The van der Waals surface area contributed by atoms with Gasteiger partial charge in [-0.25, -0.2) is 0 Å². The molecule has 3 unspecified atom stereocenters. The highest BCUT2D eigenvalue weighted by atomic mass is 31.2. The number of carbonyl (C=O) groups is 1. The summed E-state index contributed by atoms with van der Waals surface area (Å²) in [6.07, 6.45) is 54.6. The van der Waals surface area contributed by atoms with Crippen molar-refractivity contribution in [3.8, 4) is 0 Å². The van der Waals surface area contributed by atoms with Crippen LogP contribution in [0.5, 0.6) is 0 Å². The molecule has 0 aliphatic rings. The smallest absolute Gasteiger partial charge is 0.268 e. The van der Waals surface area contributed by atoms with Crippen LogP contribution in [-0.2, 0) is 18.4 Å². The van der Waals surface area contributed by atoms with E-state index in [1.165, 1.54) is 51.4 Å². The quantitative estimate of drug-likeness (QED) is 0.0278. The summed E-state index contributed by atoms with van der Waals surface area (Å²) in [7, 11) is 1.19. The zero-order valence-electron chi connectivity index (χ0n) is 36.7. The first-order chi connectivity index (χ1) is 27.5. The van der Waals surface area contributed by atoms with E-state index in [-0.39, 0.29) is 18.9 Å². The van der Waals surface area contributed by atoms with Gasteiger partial charge >= 0.3 is 0 Å². The average Bonchev–Trinajstić information content (AvgIpc) is 3.16. The number of phosphoric acid groups is 1. The fraction of sp³-hybridized carbons (Fsp3) is 0.646.